The summed E-state index contributed by atoms with van der Waals surface area (Å²) in [5.74, 6) is 2.09. The van der Waals surface area contributed by atoms with Crippen LogP contribution in [0.25, 0.3) is 10.9 Å². The fourth-order valence-corrected chi connectivity index (χ4v) is 4.48. The molecule has 174 valence electrons. The Morgan fingerprint density at radius 2 is 1.82 bits per heavy atom. The van der Waals surface area contributed by atoms with Crippen LogP contribution in [0, 0.1) is 10.1 Å². The molecule has 0 unspecified atom stereocenters. The van der Waals surface area contributed by atoms with E-state index < -0.39 is 4.92 Å². The number of methoxy groups -OCH3 is 2. The Kier molecular flexibility index (Phi) is 5.81. The molecule has 0 saturated carbocycles. The van der Waals surface area contributed by atoms with Crippen LogP contribution in [0.15, 0.2) is 60.7 Å². The molecular weight excluding hydrogens is 434 g/mol. The zero-order valence-electron chi connectivity index (χ0n) is 19.0. The zero-order chi connectivity index (χ0) is 23.7. The fourth-order valence-electron chi connectivity index (χ4n) is 4.48. The molecule has 2 heterocycles. The van der Waals surface area contributed by atoms with E-state index in [0.29, 0.717) is 11.5 Å². The van der Waals surface area contributed by atoms with Crippen molar-refractivity contribution in [2.24, 2.45) is 0 Å². The highest BCUT2D eigenvalue weighted by molar-refractivity contribution is 5.86. The molecule has 4 aromatic rings. The molecule has 0 amide bonds. The maximum Gasteiger partial charge on any atom is 0.269 e. The van der Waals surface area contributed by atoms with Gasteiger partial charge in [0, 0.05) is 35.3 Å². The minimum atomic E-state index is -0.416. The molecule has 1 aromatic heterocycles. The lowest BCUT2D eigenvalue weighted by molar-refractivity contribution is -0.384. The van der Waals surface area contributed by atoms with Crippen molar-refractivity contribution in [3.8, 4) is 17.2 Å². The van der Waals surface area contributed by atoms with Gasteiger partial charge in [-0.3, -0.25) is 10.1 Å². The molecule has 0 spiro atoms. The SMILES string of the molecule is COc1ccc2[nH]c3c(c2c1)CCN[C@@H]3c1ccc(OCc2ccc([N+](=O)[O-])cc2)c(OC)c1. The number of hydrogen-bond donors (Lipinski definition) is 2. The average Bonchev–Trinajstić information content (AvgIpc) is 3.25. The second-order valence-corrected chi connectivity index (χ2v) is 8.19. The van der Waals surface area contributed by atoms with E-state index in [2.05, 4.69) is 22.4 Å². The molecule has 0 fully saturated rings. The van der Waals surface area contributed by atoms with Crippen molar-refractivity contribution in [1.82, 2.24) is 10.3 Å². The number of non-ortho nitro benzene ring substituents is 1. The number of nitrogens with one attached hydrogen (secondary N) is 2. The monoisotopic (exact) mass is 459 g/mol. The number of aromatic nitrogens is 1. The second kappa shape index (κ2) is 9.07. The summed E-state index contributed by atoms with van der Waals surface area (Å²) in [5, 5.41) is 15.6. The first-order valence-corrected chi connectivity index (χ1v) is 11.0. The first kappa shape index (κ1) is 21.8. The Bertz CT molecular complexity index is 1350. The van der Waals surface area contributed by atoms with Crippen molar-refractivity contribution in [2.75, 3.05) is 20.8 Å². The third-order valence-electron chi connectivity index (χ3n) is 6.22. The molecule has 0 bridgehead atoms. The molecular formula is C26H25N3O5. The highest BCUT2D eigenvalue weighted by Crippen LogP contribution is 2.38. The Hall–Kier alpha value is -4.04. The smallest absolute Gasteiger partial charge is 0.269 e. The van der Waals surface area contributed by atoms with E-state index in [1.807, 2.05) is 24.3 Å². The highest BCUT2D eigenvalue weighted by Gasteiger charge is 2.26. The Morgan fingerprint density at radius 1 is 1.00 bits per heavy atom. The second-order valence-electron chi connectivity index (χ2n) is 8.19. The Balaban J connectivity index is 1.40. The molecule has 0 aliphatic carbocycles. The lowest BCUT2D eigenvalue weighted by atomic mass is 9.94. The summed E-state index contributed by atoms with van der Waals surface area (Å²) in [6, 6.07) is 18.4. The standard InChI is InChI=1S/C26H25N3O5/c1-32-19-8-9-22-21(14-19)20-11-12-27-25(26(20)28-22)17-5-10-23(24(13-17)33-2)34-15-16-3-6-18(7-4-16)29(30)31/h3-10,13-14,25,27-28H,11-12,15H2,1-2H3/t25-/m1/s1. The van der Waals surface area contributed by atoms with Crippen LogP contribution in [0.3, 0.4) is 0 Å². The van der Waals surface area contributed by atoms with Gasteiger partial charge in [-0.2, -0.15) is 0 Å². The van der Waals surface area contributed by atoms with Crippen molar-refractivity contribution in [2.45, 2.75) is 19.1 Å². The number of fused-ring (bicyclic) bond motifs is 3. The summed E-state index contributed by atoms with van der Waals surface area (Å²) in [4.78, 5) is 14.0. The summed E-state index contributed by atoms with van der Waals surface area (Å²) in [7, 11) is 3.30. The van der Waals surface area contributed by atoms with Crippen LogP contribution >= 0.6 is 0 Å². The fraction of sp³-hybridized carbons (Fsp3) is 0.231. The summed E-state index contributed by atoms with van der Waals surface area (Å²) in [5.41, 5.74) is 5.50. The zero-order valence-corrected chi connectivity index (χ0v) is 19.0. The van der Waals surface area contributed by atoms with Gasteiger partial charge in [0.25, 0.3) is 5.69 Å². The number of nitrogens with zero attached hydrogens (tertiary/aromatic N) is 1. The van der Waals surface area contributed by atoms with E-state index in [9.17, 15) is 10.1 Å². The summed E-state index contributed by atoms with van der Waals surface area (Å²) in [6.45, 7) is 1.14. The van der Waals surface area contributed by atoms with Gasteiger partial charge < -0.3 is 24.5 Å². The number of ether oxygens (including phenoxy) is 3. The molecule has 34 heavy (non-hydrogen) atoms. The maximum absolute atomic E-state index is 10.8. The van der Waals surface area contributed by atoms with Crippen LogP contribution in [-0.4, -0.2) is 30.7 Å². The first-order valence-electron chi connectivity index (χ1n) is 11.0. The van der Waals surface area contributed by atoms with E-state index in [1.54, 1.807) is 26.4 Å². The molecule has 1 aliphatic rings. The minimum absolute atomic E-state index is 0.000215. The third kappa shape index (κ3) is 4.04. The molecule has 1 aliphatic heterocycles. The largest absolute Gasteiger partial charge is 0.497 e. The van der Waals surface area contributed by atoms with Gasteiger partial charge in [0.05, 0.1) is 25.2 Å². The van der Waals surface area contributed by atoms with E-state index >= 15 is 0 Å². The van der Waals surface area contributed by atoms with Gasteiger partial charge in [-0.1, -0.05) is 6.07 Å². The van der Waals surface area contributed by atoms with Gasteiger partial charge in [0.1, 0.15) is 12.4 Å². The number of nitro benzene ring substituents is 1. The normalized spacial score (nSPS) is 15.1. The highest BCUT2D eigenvalue weighted by atomic mass is 16.6. The van der Waals surface area contributed by atoms with E-state index in [4.69, 9.17) is 14.2 Å². The quantitative estimate of drug-likeness (QED) is 0.301. The number of aromatic amines is 1. The number of H-pyrrole nitrogens is 1. The van der Waals surface area contributed by atoms with Crippen LogP contribution in [0.2, 0.25) is 0 Å². The lowest BCUT2D eigenvalue weighted by Gasteiger charge is -2.25. The summed E-state index contributed by atoms with van der Waals surface area (Å²) >= 11 is 0. The van der Waals surface area contributed by atoms with E-state index in [1.165, 1.54) is 23.1 Å². The average molecular weight is 460 g/mol. The Labute approximate surface area is 196 Å². The molecule has 0 radical (unpaired) electrons. The minimum Gasteiger partial charge on any atom is -0.497 e. The van der Waals surface area contributed by atoms with E-state index in [-0.39, 0.29) is 18.3 Å². The predicted molar refractivity (Wildman–Crippen MR) is 129 cm³/mol. The molecule has 1 atom stereocenters. The van der Waals surface area contributed by atoms with Gasteiger partial charge in [0.15, 0.2) is 11.5 Å². The molecule has 3 aromatic carbocycles. The van der Waals surface area contributed by atoms with Crippen molar-refractivity contribution >= 4 is 16.6 Å². The third-order valence-corrected chi connectivity index (χ3v) is 6.22. The molecule has 8 nitrogen and oxygen atoms in total. The molecule has 8 heteroatoms. The van der Waals surface area contributed by atoms with E-state index in [0.717, 1.165) is 41.1 Å². The maximum atomic E-state index is 10.8. The van der Waals surface area contributed by atoms with Gasteiger partial charge in [0.2, 0.25) is 0 Å². The number of benzene rings is 3. The van der Waals surface area contributed by atoms with Crippen LogP contribution in [-0.2, 0) is 13.0 Å². The van der Waals surface area contributed by atoms with Gasteiger partial charge in [-0.15, -0.1) is 0 Å². The number of rotatable bonds is 7. The predicted octanol–water partition coefficient (Wildman–Crippen LogP) is 4.91. The number of hydrogen-bond acceptors (Lipinski definition) is 6. The van der Waals surface area contributed by atoms with Crippen molar-refractivity contribution < 1.29 is 19.1 Å². The van der Waals surface area contributed by atoms with Crippen LogP contribution in [0.5, 0.6) is 17.2 Å². The first-order chi connectivity index (χ1) is 16.6. The van der Waals surface area contributed by atoms with Crippen molar-refractivity contribution in [3.63, 3.8) is 0 Å². The van der Waals surface area contributed by atoms with Crippen molar-refractivity contribution in [1.29, 1.82) is 0 Å². The van der Waals surface area contributed by atoms with Crippen LogP contribution < -0.4 is 19.5 Å². The topological polar surface area (TPSA) is 98.7 Å². The van der Waals surface area contributed by atoms with Gasteiger partial charge in [-0.25, -0.2) is 0 Å². The number of nitro groups is 1. The molecule has 5 rings (SSSR count). The van der Waals surface area contributed by atoms with Crippen molar-refractivity contribution in [3.05, 3.63) is 93.2 Å². The molecule has 2 N–H and O–H groups in total. The van der Waals surface area contributed by atoms with Crippen LogP contribution in [0.4, 0.5) is 5.69 Å². The Morgan fingerprint density at radius 3 is 2.56 bits per heavy atom. The summed E-state index contributed by atoms with van der Waals surface area (Å²) in [6.07, 6.45) is 0.937. The lowest BCUT2D eigenvalue weighted by Crippen LogP contribution is -2.30. The van der Waals surface area contributed by atoms with Crippen LogP contribution in [0.1, 0.15) is 28.4 Å². The van der Waals surface area contributed by atoms with Gasteiger partial charge >= 0.3 is 0 Å². The van der Waals surface area contributed by atoms with Gasteiger partial charge in [-0.05, 0) is 65.6 Å². The summed E-state index contributed by atoms with van der Waals surface area (Å²) < 4.78 is 17.0. The molecule has 0 saturated heterocycles.